The van der Waals surface area contributed by atoms with E-state index in [-0.39, 0.29) is 18.0 Å². The lowest BCUT2D eigenvalue weighted by atomic mass is 10.1. The van der Waals surface area contributed by atoms with Crippen LogP contribution in [0.25, 0.3) is 21.8 Å². The number of nitrogens with one attached hydrogen (secondary N) is 1. The van der Waals surface area contributed by atoms with Crippen LogP contribution in [0.2, 0.25) is 0 Å². The Morgan fingerprint density at radius 1 is 1.06 bits per heavy atom. The van der Waals surface area contributed by atoms with Crippen molar-refractivity contribution in [1.29, 1.82) is 0 Å². The number of methoxy groups -OCH3 is 2. The van der Waals surface area contributed by atoms with Gasteiger partial charge in [-0.25, -0.2) is 4.68 Å². The highest BCUT2D eigenvalue weighted by Crippen LogP contribution is 2.28. The van der Waals surface area contributed by atoms with Crippen LogP contribution in [0.3, 0.4) is 0 Å². The molecule has 0 radical (unpaired) electrons. The Hall–Kier alpha value is -3.81. The molecule has 0 aliphatic rings. The van der Waals surface area contributed by atoms with E-state index in [0.29, 0.717) is 30.0 Å². The molecule has 0 bridgehead atoms. The van der Waals surface area contributed by atoms with Crippen molar-refractivity contribution in [3.8, 4) is 11.5 Å². The molecule has 1 amide bonds. The number of aryl methyl sites for hydroxylation is 1. The molecule has 0 saturated heterocycles. The molecular weight excluding hydrogens is 420 g/mol. The minimum Gasteiger partial charge on any atom is -0.493 e. The highest BCUT2D eigenvalue weighted by Gasteiger charge is 2.16. The minimum atomic E-state index is -0.262. The molecule has 2 aromatic carbocycles. The van der Waals surface area contributed by atoms with Gasteiger partial charge < -0.3 is 19.4 Å². The van der Waals surface area contributed by atoms with E-state index < -0.39 is 0 Å². The summed E-state index contributed by atoms with van der Waals surface area (Å²) < 4.78 is 13.8. The molecule has 33 heavy (non-hydrogen) atoms. The average molecular weight is 449 g/mol. The van der Waals surface area contributed by atoms with Gasteiger partial charge in [-0.15, -0.1) is 0 Å². The summed E-state index contributed by atoms with van der Waals surface area (Å²) in [5.41, 5.74) is 2.34. The van der Waals surface area contributed by atoms with Gasteiger partial charge in [0.2, 0.25) is 5.91 Å². The third-order valence-corrected chi connectivity index (χ3v) is 5.70. The lowest BCUT2D eigenvalue weighted by Gasteiger charge is -2.10. The van der Waals surface area contributed by atoms with Crippen molar-refractivity contribution in [2.75, 3.05) is 20.8 Å². The zero-order chi connectivity index (χ0) is 23.4. The third-order valence-electron chi connectivity index (χ3n) is 5.70. The van der Waals surface area contributed by atoms with E-state index in [0.717, 1.165) is 34.8 Å². The number of carbonyl (C=O) groups is 1. The number of para-hydroxylation sites is 1. The van der Waals surface area contributed by atoms with Gasteiger partial charge >= 0.3 is 0 Å². The smallest absolute Gasteiger partial charge is 0.291 e. The maximum Gasteiger partial charge on any atom is 0.291 e. The Morgan fingerprint density at radius 2 is 1.85 bits per heavy atom. The van der Waals surface area contributed by atoms with Gasteiger partial charge in [-0.2, -0.15) is 5.10 Å². The Bertz CT molecular complexity index is 1360. The second-order valence-electron chi connectivity index (χ2n) is 7.83. The molecule has 0 fully saturated rings. The van der Waals surface area contributed by atoms with Gasteiger partial charge in [0.1, 0.15) is 12.1 Å². The molecule has 2 heterocycles. The van der Waals surface area contributed by atoms with Crippen molar-refractivity contribution in [2.45, 2.75) is 32.9 Å². The summed E-state index contributed by atoms with van der Waals surface area (Å²) in [5.74, 6) is 1.04. The number of nitrogens with zero attached hydrogens (tertiary/aromatic N) is 3. The molecule has 0 unspecified atom stereocenters. The van der Waals surface area contributed by atoms with Crippen molar-refractivity contribution in [2.24, 2.45) is 0 Å². The number of ether oxygens (including phenoxy) is 2. The van der Waals surface area contributed by atoms with Gasteiger partial charge in [-0.05, 0) is 36.6 Å². The molecule has 172 valence electrons. The highest BCUT2D eigenvalue weighted by atomic mass is 16.5. The predicted molar refractivity (Wildman–Crippen MR) is 128 cm³/mol. The number of amides is 1. The van der Waals surface area contributed by atoms with Crippen LogP contribution in [0.4, 0.5) is 0 Å². The number of carbonyl (C=O) groups excluding carboxylic acids is 1. The molecule has 8 heteroatoms. The number of benzene rings is 2. The number of fused-ring (bicyclic) bond motifs is 3. The van der Waals surface area contributed by atoms with Gasteiger partial charge in [-0.1, -0.05) is 31.2 Å². The summed E-state index contributed by atoms with van der Waals surface area (Å²) in [4.78, 5) is 25.8. The Balaban J connectivity index is 1.49. The Kier molecular flexibility index (Phi) is 6.63. The minimum absolute atomic E-state index is 0.131. The largest absolute Gasteiger partial charge is 0.493 e. The van der Waals surface area contributed by atoms with Gasteiger partial charge in [-0.3, -0.25) is 9.59 Å². The predicted octanol–water partition coefficient (Wildman–Crippen LogP) is 3.14. The second-order valence-corrected chi connectivity index (χ2v) is 7.83. The maximum atomic E-state index is 13.2. The standard InChI is InChI=1S/C25H28N4O4/c1-4-13-28-20-8-6-5-7-18(20)19-15-27-29(25(31)24(19)28)16-23(30)26-12-11-17-9-10-21(32-2)22(14-17)33-3/h5-10,14-15H,4,11-13,16H2,1-3H3,(H,26,30). The molecule has 8 nitrogen and oxygen atoms in total. The van der Waals surface area contributed by atoms with E-state index in [1.165, 1.54) is 4.68 Å². The SMILES string of the molecule is CCCn1c2ccccc2c2cnn(CC(=O)NCCc3ccc(OC)c(OC)c3)c(=O)c21. The first-order valence-electron chi connectivity index (χ1n) is 11.0. The van der Waals surface area contributed by atoms with Crippen LogP contribution in [0.5, 0.6) is 11.5 Å². The van der Waals surface area contributed by atoms with Gasteiger partial charge in [0.15, 0.2) is 11.5 Å². The van der Waals surface area contributed by atoms with Crippen LogP contribution >= 0.6 is 0 Å². The summed E-state index contributed by atoms with van der Waals surface area (Å²) in [6.07, 6.45) is 3.20. The zero-order valence-electron chi connectivity index (χ0n) is 19.1. The fourth-order valence-corrected chi connectivity index (χ4v) is 4.14. The van der Waals surface area contributed by atoms with E-state index in [1.807, 2.05) is 47.0 Å². The number of rotatable bonds is 9. The first kappa shape index (κ1) is 22.4. The first-order chi connectivity index (χ1) is 16.1. The molecule has 0 saturated carbocycles. The molecule has 4 aromatic rings. The van der Waals surface area contributed by atoms with E-state index in [1.54, 1.807) is 20.4 Å². The van der Waals surface area contributed by atoms with Gasteiger partial charge in [0.25, 0.3) is 5.56 Å². The topological polar surface area (TPSA) is 87.4 Å². The summed E-state index contributed by atoms with van der Waals surface area (Å²) in [6.45, 7) is 3.10. The van der Waals surface area contributed by atoms with E-state index in [4.69, 9.17) is 9.47 Å². The number of aromatic nitrogens is 3. The lowest BCUT2D eigenvalue weighted by molar-refractivity contribution is -0.121. The Morgan fingerprint density at radius 3 is 2.61 bits per heavy atom. The summed E-state index contributed by atoms with van der Waals surface area (Å²) in [5, 5.41) is 8.96. The van der Waals surface area contributed by atoms with Gasteiger partial charge in [0.05, 0.1) is 20.4 Å². The molecule has 0 aliphatic carbocycles. The average Bonchev–Trinajstić information content (AvgIpc) is 3.15. The van der Waals surface area contributed by atoms with Crippen molar-refractivity contribution in [3.05, 3.63) is 64.6 Å². The summed E-state index contributed by atoms with van der Waals surface area (Å²) >= 11 is 0. The quantitative estimate of drug-likeness (QED) is 0.425. The van der Waals surface area contributed by atoms with Crippen LogP contribution in [-0.4, -0.2) is 41.0 Å². The van der Waals surface area contributed by atoms with Crippen LogP contribution in [0.1, 0.15) is 18.9 Å². The van der Waals surface area contributed by atoms with Crippen LogP contribution in [-0.2, 0) is 24.3 Å². The van der Waals surface area contributed by atoms with Crippen molar-refractivity contribution in [3.63, 3.8) is 0 Å². The van der Waals surface area contributed by atoms with E-state index >= 15 is 0 Å². The van der Waals surface area contributed by atoms with E-state index in [2.05, 4.69) is 17.3 Å². The zero-order valence-corrected chi connectivity index (χ0v) is 19.1. The second kappa shape index (κ2) is 9.77. The van der Waals surface area contributed by atoms with E-state index in [9.17, 15) is 9.59 Å². The normalized spacial score (nSPS) is 11.1. The van der Waals surface area contributed by atoms with Crippen molar-refractivity contribution >= 4 is 27.7 Å². The summed E-state index contributed by atoms with van der Waals surface area (Å²) in [7, 11) is 3.18. The maximum absolute atomic E-state index is 13.2. The third kappa shape index (κ3) is 4.41. The molecular formula is C25H28N4O4. The van der Waals surface area contributed by atoms with Crippen LogP contribution in [0.15, 0.2) is 53.5 Å². The van der Waals surface area contributed by atoms with Crippen molar-refractivity contribution in [1.82, 2.24) is 19.7 Å². The van der Waals surface area contributed by atoms with Crippen LogP contribution in [0, 0.1) is 0 Å². The molecule has 0 aliphatic heterocycles. The highest BCUT2D eigenvalue weighted by molar-refractivity contribution is 6.07. The molecule has 4 rings (SSSR count). The first-order valence-corrected chi connectivity index (χ1v) is 11.0. The Labute approximate surface area is 191 Å². The van der Waals surface area contributed by atoms with Crippen LogP contribution < -0.4 is 20.3 Å². The molecule has 2 aromatic heterocycles. The molecule has 0 spiro atoms. The number of hydrogen-bond acceptors (Lipinski definition) is 5. The van der Waals surface area contributed by atoms with Crippen molar-refractivity contribution < 1.29 is 14.3 Å². The lowest BCUT2D eigenvalue weighted by Crippen LogP contribution is -2.35. The fraction of sp³-hybridized carbons (Fsp3) is 0.320. The van der Waals surface area contributed by atoms with Gasteiger partial charge in [0, 0.05) is 29.4 Å². The monoisotopic (exact) mass is 448 g/mol. The summed E-state index contributed by atoms with van der Waals surface area (Å²) in [6, 6.07) is 13.6. The molecule has 0 atom stereocenters. The fourth-order valence-electron chi connectivity index (χ4n) is 4.14. The number of hydrogen-bond donors (Lipinski definition) is 1. The molecule has 1 N–H and O–H groups in total.